The van der Waals surface area contributed by atoms with Crippen LogP contribution in [0.1, 0.15) is 25.1 Å². The molecular formula is C21H24N4O. The minimum atomic E-state index is 0.557. The first-order chi connectivity index (χ1) is 12.7. The number of benzene rings is 2. The Bertz CT molecular complexity index is 845. The molecule has 3 rings (SSSR count). The normalized spacial score (nSPS) is 10.4. The van der Waals surface area contributed by atoms with Crippen LogP contribution in [-0.2, 0) is 6.42 Å². The third kappa shape index (κ3) is 4.72. The number of hydrogen-bond donors (Lipinski definition) is 2. The van der Waals surface area contributed by atoms with Crippen LogP contribution in [-0.4, -0.2) is 16.6 Å². The summed E-state index contributed by atoms with van der Waals surface area (Å²) >= 11 is 0. The molecular weight excluding hydrogens is 324 g/mol. The third-order valence-corrected chi connectivity index (χ3v) is 3.91. The van der Waals surface area contributed by atoms with Crippen molar-refractivity contribution in [3.05, 3.63) is 65.9 Å². The van der Waals surface area contributed by atoms with E-state index in [0.717, 1.165) is 35.1 Å². The molecule has 5 nitrogen and oxygen atoms in total. The summed E-state index contributed by atoms with van der Waals surface area (Å²) in [6, 6.07) is 18.1. The van der Waals surface area contributed by atoms with E-state index in [9.17, 15) is 0 Å². The first kappa shape index (κ1) is 17.7. The van der Waals surface area contributed by atoms with Gasteiger partial charge in [0.2, 0.25) is 5.95 Å². The van der Waals surface area contributed by atoms with Crippen LogP contribution in [0.2, 0.25) is 0 Å². The van der Waals surface area contributed by atoms with Crippen LogP contribution < -0.4 is 15.4 Å². The summed E-state index contributed by atoms with van der Waals surface area (Å²) < 4.78 is 5.46. The maximum Gasteiger partial charge on any atom is 0.229 e. The number of aromatic nitrogens is 2. The van der Waals surface area contributed by atoms with Crippen LogP contribution in [0.15, 0.2) is 54.6 Å². The van der Waals surface area contributed by atoms with Gasteiger partial charge in [-0.05, 0) is 62.2 Å². The molecule has 0 spiro atoms. The van der Waals surface area contributed by atoms with Gasteiger partial charge in [-0.1, -0.05) is 19.1 Å². The maximum absolute atomic E-state index is 5.46. The molecule has 0 aliphatic heterocycles. The average Bonchev–Trinajstić information content (AvgIpc) is 2.64. The Kier molecular flexibility index (Phi) is 5.69. The lowest BCUT2D eigenvalue weighted by Gasteiger charge is -2.11. The largest absolute Gasteiger partial charge is 0.494 e. The second-order valence-electron chi connectivity index (χ2n) is 5.98. The zero-order chi connectivity index (χ0) is 18.4. The molecule has 0 atom stereocenters. The SMILES string of the molecule is CCOc1ccc(Nc2nc(C)cc(Nc3ccc(CC)cc3)n2)cc1. The molecule has 0 aliphatic rings. The zero-order valence-corrected chi connectivity index (χ0v) is 15.4. The van der Waals surface area contributed by atoms with Crippen molar-refractivity contribution in [2.45, 2.75) is 27.2 Å². The summed E-state index contributed by atoms with van der Waals surface area (Å²) in [4.78, 5) is 9.02. The molecule has 0 unspecified atom stereocenters. The second kappa shape index (κ2) is 8.34. The fourth-order valence-corrected chi connectivity index (χ4v) is 2.59. The number of rotatable bonds is 7. The molecule has 2 N–H and O–H groups in total. The molecule has 0 aliphatic carbocycles. The quantitative estimate of drug-likeness (QED) is 0.612. The van der Waals surface area contributed by atoms with E-state index in [0.29, 0.717) is 12.6 Å². The van der Waals surface area contributed by atoms with Gasteiger partial charge in [-0.25, -0.2) is 4.98 Å². The molecule has 5 heteroatoms. The number of anilines is 4. The van der Waals surface area contributed by atoms with Gasteiger partial charge in [0.15, 0.2) is 0 Å². The Labute approximate surface area is 154 Å². The van der Waals surface area contributed by atoms with E-state index in [4.69, 9.17) is 4.74 Å². The van der Waals surface area contributed by atoms with Gasteiger partial charge in [-0.2, -0.15) is 4.98 Å². The fourth-order valence-electron chi connectivity index (χ4n) is 2.59. The second-order valence-corrected chi connectivity index (χ2v) is 5.98. The minimum Gasteiger partial charge on any atom is -0.494 e. The highest BCUT2D eigenvalue weighted by atomic mass is 16.5. The Morgan fingerprint density at radius 1 is 0.846 bits per heavy atom. The van der Waals surface area contributed by atoms with E-state index in [1.165, 1.54) is 5.56 Å². The van der Waals surface area contributed by atoms with Crippen molar-refractivity contribution >= 4 is 23.1 Å². The van der Waals surface area contributed by atoms with E-state index in [1.54, 1.807) is 0 Å². The predicted molar refractivity (Wildman–Crippen MR) is 107 cm³/mol. The van der Waals surface area contributed by atoms with Crippen LogP contribution in [0, 0.1) is 6.92 Å². The number of aryl methyl sites for hydroxylation is 2. The Balaban J connectivity index is 1.74. The van der Waals surface area contributed by atoms with Gasteiger partial charge in [-0.15, -0.1) is 0 Å². The van der Waals surface area contributed by atoms with E-state index >= 15 is 0 Å². The van der Waals surface area contributed by atoms with Crippen molar-refractivity contribution in [2.75, 3.05) is 17.2 Å². The summed E-state index contributed by atoms with van der Waals surface area (Å²) in [5, 5.41) is 6.58. The lowest BCUT2D eigenvalue weighted by molar-refractivity contribution is 0.340. The van der Waals surface area contributed by atoms with Gasteiger partial charge in [-0.3, -0.25) is 0 Å². The lowest BCUT2D eigenvalue weighted by atomic mass is 10.1. The van der Waals surface area contributed by atoms with Crippen LogP contribution >= 0.6 is 0 Å². The molecule has 26 heavy (non-hydrogen) atoms. The van der Waals surface area contributed by atoms with Crippen molar-refractivity contribution in [2.24, 2.45) is 0 Å². The molecule has 1 heterocycles. The first-order valence-corrected chi connectivity index (χ1v) is 8.88. The van der Waals surface area contributed by atoms with Crippen molar-refractivity contribution in [3.63, 3.8) is 0 Å². The topological polar surface area (TPSA) is 59.1 Å². The standard InChI is InChI=1S/C21H24N4O/c1-4-16-6-8-17(9-7-16)23-20-14-15(3)22-21(25-20)24-18-10-12-19(13-11-18)26-5-2/h6-14H,4-5H2,1-3H3,(H2,22,23,24,25). The minimum absolute atomic E-state index is 0.557. The van der Waals surface area contributed by atoms with Gasteiger partial charge in [0.05, 0.1) is 6.61 Å². The summed E-state index contributed by atoms with van der Waals surface area (Å²) in [7, 11) is 0. The number of ether oxygens (including phenoxy) is 1. The smallest absolute Gasteiger partial charge is 0.229 e. The van der Waals surface area contributed by atoms with Crippen LogP contribution in [0.25, 0.3) is 0 Å². The predicted octanol–water partition coefficient (Wildman–Crippen LogP) is 5.23. The van der Waals surface area contributed by atoms with Crippen molar-refractivity contribution < 1.29 is 4.74 Å². The lowest BCUT2D eigenvalue weighted by Crippen LogP contribution is -2.02. The average molecular weight is 348 g/mol. The molecule has 3 aromatic rings. The van der Waals surface area contributed by atoms with Crippen molar-refractivity contribution in [3.8, 4) is 5.75 Å². The van der Waals surface area contributed by atoms with E-state index < -0.39 is 0 Å². The Morgan fingerprint density at radius 3 is 2.15 bits per heavy atom. The molecule has 2 aromatic carbocycles. The van der Waals surface area contributed by atoms with Crippen LogP contribution in [0.5, 0.6) is 5.75 Å². The molecule has 0 saturated heterocycles. The highest BCUT2D eigenvalue weighted by Crippen LogP contribution is 2.21. The monoisotopic (exact) mass is 348 g/mol. The molecule has 1 aromatic heterocycles. The number of nitrogens with one attached hydrogen (secondary N) is 2. The van der Waals surface area contributed by atoms with Gasteiger partial charge < -0.3 is 15.4 Å². The molecule has 0 amide bonds. The number of hydrogen-bond acceptors (Lipinski definition) is 5. The summed E-state index contributed by atoms with van der Waals surface area (Å²) in [6.45, 7) is 6.73. The Hall–Kier alpha value is -3.08. The van der Waals surface area contributed by atoms with Crippen LogP contribution in [0.3, 0.4) is 0 Å². The fraction of sp³-hybridized carbons (Fsp3) is 0.238. The highest BCUT2D eigenvalue weighted by molar-refractivity contribution is 5.60. The number of nitrogens with zero attached hydrogens (tertiary/aromatic N) is 2. The Morgan fingerprint density at radius 2 is 1.50 bits per heavy atom. The van der Waals surface area contributed by atoms with Crippen LogP contribution in [0.4, 0.5) is 23.1 Å². The third-order valence-electron chi connectivity index (χ3n) is 3.91. The van der Waals surface area contributed by atoms with Gasteiger partial charge >= 0.3 is 0 Å². The van der Waals surface area contributed by atoms with Gasteiger partial charge in [0, 0.05) is 23.1 Å². The molecule has 0 fully saturated rings. The van der Waals surface area contributed by atoms with Gasteiger partial charge in [0.25, 0.3) is 0 Å². The highest BCUT2D eigenvalue weighted by Gasteiger charge is 2.04. The molecule has 0 saturated carbocycles. The first-order valence-electron chi connectivity index (χ1n) is 8.88. The summed E-state index contributed by atoms with van der Waals surface area (Å²) in [6.07, 6.45) is 1.03. The molecule has 134 valence electrons. The summed E-state index contributed by atoms with van der Waals surface area (Å²) in [5.74, 6) is 2.16. The molecule has 0 bridgehead atoms. The van der Waals surface area contributed by atoms with E-state index in [1.807, 2.05) is 44.2 Å². The molecule has 0 radical (unpaired) electrons. The van der Waals surface area contributed by atoms with E-state index in [2.05, 4.69) is 51.8 Å². The van der Waals surface area contributed by atoms with E-state index in [-0.39, 0.29) is 0 Å². The van der Waals surface area contributed by atoms with Crippen molar-refractivity contribution in [1.29, 1.82) is 0 Å². The van der Waals surface area contributed by atoms with Crippen molar-refractivity contribution in [1.82, 2.24) is 9.97 Å². The van der Waals surface area contributed by atoms with Gasteiger partial charge in [0.1, 0.15) is 11.6 Å². The maximum atomic E-state index is 5.46. The zero-order valence-electron chi connectivity index (χ0n) is 15.4. The summed E-state index contributed by atoms with van der Waals surface area (Å²) in [5.41, 5.74) is 4.12.